The second-order valence-electron chi connectivity index (χ2n) is 7.45. The van der Waals surface area contributed by atoms with Crippen molar-refractivity contribution in [2.24, 2.45) is 22.6 Å². The van der Waals surface area contributed by atoms with Gasteiger partial charge >= 0.3 is 0 Å². The maximum atomic E-state index is 6.55. The number of nitrogens with one attached hydrogen (secondary N) is 3. The number of aliphatic imine (C=N–C) groups is 1. The lowest BCUT2D eigenvalue weighted by Crippen LogP contribution is -2.29. The van der Waals surface area contributed by atoms with E-state index in [9.17, 15) is 0 Å². The van der Waals surface area contributed by atoms with Gasteiger partial charge in [0.1, 0.15) is 5.82 Å². The highest BCUT2D eigenvalue weighted by atomic mass is 35.5. The van der Waals surface area contributed by atoms with Crippen molar-refractivity contribution in [2.75, 3.05) is 6.54 Å². The second-order valence-corrected chi connectivity index (χ2v) is 7.88. The molecule has 27 heavy (non-hydrogen) atoms. The molecule has 0 spiro atoms. The maximum Gasteiger partial charge on any atom is 0.141 e. The van der Waals surface area contributed by atoms with E-state index in [1.54, 1.807) is 6.34 Å². The number of aromatic nitrogens is 1. The van der Waals surface area contributed by atoms with Crippen molar-refractivity contribution < 1.29 is 0 Å². The van der Waals surface area contributed by atoms with Gasteiger partial charge in [-0.1, -0.05) is 23.7 Å². The average molecular weight is 384 g/mol. The second kappa shape index (κ2) is 8.19. The van der Waals surface area contributed by atoms with Crippen LogP contribution in [0.4, 0.5) is 5.82 Å². The van der Waals surface area contributed by atoms with E-state index in [2.05, 4.69) is 32.7 Å². The summed E-state index contributed by atoms with van der Waals surface area (Å²) in [7, 11) is 0. The van der Waals surface area contributed by atoms with Gasteiger partial charge in [0.25, 0.3) is 0 Å². The number of benzene rings is 1. The number of aromatic amines is 1. The number of halogens is 1. The summed E-state index contributed by atoms with van der Waals surface area (Å²) in [5, 5.41) is 7.62. The average Bonchev–Trinajstić information content (AvgIpc) is 3.18. The highest BCUT2D eigenvalue weighted by Crippen LogP contribution is 2.35. The topological polar surface area (TPSA) is 78.2 Å². The van der Waals surface area contributed by atoms with E-state index >= 15 is 0 Å². The van der Waals surface area contributed by atoms with Gasteiger partial charge in [-0.05, 0) is 61.9 Å². The molecule has 0 unspecified atom stereocenters. The van der Waals surface area contributed by atoms with Crippen LogP contribution >= 0.6 is 11.6 Å². The third-order valence-corrected chi connectivity index (χ3v) is 5.90. The van der Waals surface area contributed by atoms with Crippen molar-refractivity contribution in [3.63, 3.8) is 0 Å². The zero-order valence-electron chi connectivity index (χ0n) is 15.3. The van der Waals surface area contributed by atoms with Crippen LogP contribution in [0.15, 0.2) is 47.2 Å². The molecular formula is C21H26ClN5. The molecule has 142 valence electrons. The monoisotopic (exact) mass is 383 g/mol. The lowest BCUT2D eigenvalue weighted by Gasteiger charge is -2.30. The molecule has 2 aliphatic rings. The van der Waals surface area contributed by atoms with Crippen LogP contribution in [-0.4, -0.2) is 17.9 Å². The van der Waals surface area contributed by atoms with Crippen LogP contribution in [0.25, 0.3) is 5.70 Å². The van der Waals surface area contributed by atoms with E-state index in [0.717, 1.165) is 59.6 Å². The number of H-pyrrole nitrogens is 1. The van der Waals surface area contributed by atoms with E-state index in [1.807, 2.05) is 24.4 Å². The smallest absolute Gasteiger partial charge is 0.141 e. The van der Waals surface area contributed by atoms with Crippen molar-refractivity contribution in [3.8, 4) is 0 Å². The standard InChI is InChI=1S/C21H26ClN5/c22-17-7-3-15(4-8-17)12-24-11-14-1-5-16(6-2-14)19(23)20-18-9-10-25-21(18)27-13-26-20/h3-4,7-10,13-14,16,24-25H,1-2,5-6,11-12,23H2,(H,26,27)/b20-19-/t14-,16-. The van der Waals surface area contributed by atoms with E-state index < -0.39 is 0 Å². The number of fused-ring (bicyclic) bond motifs is 1. The highest BCUT2D eigenvalue weighted by molar-refractivity contribution is 6.30. The molecule has 0 bridgehead atoms. The van der Waals surface area contributed by atoms with Crippen LogP contribution < -0.4 is 16.4 Å². The Balaban J connectivity index is 1.28. The van der Waals surface area contributed by atoms with Gasteiger partial charge in [-0.3, -0.25) is 0 Å². The Morgan fingerprint density at radius 2 is 1.93 bits per heavy atom. The van der Waals surface area contributed by atoms with Crippen LogP contribution in [0.1, 0.15) is 36.8 Å². The summed E-state index contributed by atoms with van der Waals surface area (Å²) in [6.07, 6.45) is 8.32. The normalized spacial score (nSPS) is 23.6. The highest BCUT2D eigenvalue weighted by Gasteiger charge is 2.26. The summed E-state index contributed by atoms with van der Waals surface area (Å²) in [5.41, 5.74) is 10.9. The largest absolute Gasteiger partial charge is 0.400 e. The Morgan fingerprint density at radius 1 is 1.15 bits per heavy atom. The number of hydrogen-bond acceptors (Lipinski definition) is 4. The summed E-state index contributed by atoms with van der Waals surface area (Å²) in [6, 6.07) is 10.1. The Kier molecular flexibility index (Phi) is 5.50. The van der Waals surface area contributed by atoms with Crippen molar-refractivity contribution >= 4 is 29.5 Å². The van der Waals surface area contributed by atoms with Crippen molar-refractivity contribution in [2.45, 2.75) is 32.2 Å². The third kappa shape index (κ3) is 4.20. The van der Waals surface area contributed by atoms with Gasteiger partial charge in [-0.2, -0.15) is 0 Å². The molecule has 0 atom stereocenters. The minimum Gasteiger partial charge on any atom is -0.400 e. The van der Waals surface area contributed by atoms with Crippen molar-refractivity contribution in [1.82, 2.24) is 15.6 Å². The molecule has 6 heteroatoms. The Hall–Kier alpha value is -2.24. The van der Waals surface area contributed by atoms with Gasteiger partial charge in [0.15, 0.2) is 0 Å². The van der Waals surface area contributed by atoms with Gasteiger partial charge < -0.3 is 21.4 Å². The molecule has 4 rings (SSSR count). The summed E-state index contributed by atoms with van der Waals surface area (Å²) in [4.78, 5) is 7.46. The molecule has 1 aromatic carbocycles. The molecule has 1 aliphatic carbocycles. The molecule has 2 heterocycles. The first-order valence-electron chi connectivity index (χ1n) is 9.62. The van der Waals surface area contributed by atoms with E-state index in [1.165, 1.54) is 18.4 Å². The number of nitrogens with two attached hydrogens (primary N) is 1. The molecule has 2 aromatic rings. The molecule has 0 amide bonds. The fraction of sp³-hybridized carbons (Fsp3) is 0.381. The molecule has 1 saturated carbocycles. The van der Waals surface area contributed by atoms with Crippen LogP contribution in [0.3, 0.4) is 0 Å². The van der Waals surface area contributed by atoms with Crippen LogP contribution in [0.5, 0.6) is 0 Å². The first kappa shape index (κ1) is 18.1. The zero-order valence-corrected chi connectivity index (χ0v) is 16.1. The van der Waals surface area contributed by atoms with Gasteiger partial charge in [0.2, 0.25) is 0 Å². The summed E-state index contributed by atoms with van der Waals surface area (Å²) >= 11 is 5.94. The SMILES string of the molecule is N/C(=C1\NC=Nc2[nH]ccc21)[C@H]1CC[C@H](CNCc2ccc(Cl)cc2)CC1. The molecule has 5 nitrogen and oxygen atoms in total. The third-order valence-electron chi connectivity index (χ3n) is 5.65. The molecule has 1 aromatic heterocycles. The zero-order chi connectivity index (χ0) is 18.6. The molecule has 0 radical (unpaired) electrons. The quantitative estimate of drug-likeness (QED) is 0.626. The van der Waals surface area contributed by atoms with Crippen LogP contribution in [-0.2, 0) is 6.54 Å². The van der Waals surface area contributed by atoms with Crippen molar-refractivity contribution in [1.29, 1.82) is 0 Å². The van der Waals surface area contributed by atoms with Gasteiger partial charge in [0, 0.05) is 34.9 Å². The van der Waals surface area contributed by atoms with E-state index in [4.69, 9.17) is 17.3 Å². The Morgan fingerprint density at radius 3 is 2.70 bits per heavy atom. The molecule has 5 N–H and O–H groups in total. The number of nitrogens with zero attached hydrogens (tertiary/aromatic N) is 1. The van der Waals surface area contributed by atoms with Crippen LogP contribution in [0.2, 0.25) is 5.02 Å². The lowest BCUT2D eigenvalue weighted by atomic mass is 9.79. The first-order chi connectivity index (χ1) is 13.2. The summed E-state index contributed by atoms with van der Waals surface area (Å²) in [6.45, 7) is 1.95. The van der Waals surface area contributed by atoms with E-state index in [-0.39, 0.29) is 0 Å². The predicted molar refractivity (Wildman–Crippen MR) is 112 cm³/mol. The predicted octanol–water partition coefficient (Wildman–Crippen LogP) is 4.15. The minimum absolute atomic E-state index is 0.439. The number of rotatable bonds is 5. The Labute approximate surface area is 165 Å². The fourth-order valence-corrected chi connectivity index (χ4v) is 4.18. The summed E-state index contributed by atoms with van der Waals surface area (Å²) < 4.78 is 0. The molecule has 0 saturated heterocycles. The maximum absolute atomic E-state index is 6.55. The Bertz CT molecular complexity index is 829. The van der Waals surface area contributed by atoms with Crippen LogP contribution in [0, 0.1) is 11.8 Å². The number of allylic oxidation sites excluding steroid dienone is 1. The number of hydrogen-bond donors (Lipinski definition) is 4. The van der Waals surface area contributed by atoms with E-state index in [0.29, 0.717) is 5.92 Å². The molecule has 1 aliphatic heterocycles. The summed E-state index contributed by atoms with van der Waals surface area (Å²) in [5.74, 6) is 2.04. The lowest BCUT2D eigenvalue weighted by molar-refractivity contribution is 0.290. The van der Waals surface area contributed by atoms with Crippen molar-refractivity contribution in [3.05, 3.63) is 58.4 Å². The van der Waals surface area contributed by atoms with Gasteiger partial charge in [0.05, 0.1) is 12.0 Å². The minimum atomic E-state index is 0.439. The van der Waals surface area contributed by atoms with Gasteiger partial charge in [-0.15, -0.1) is 0 Å². The van der Waals surface area contributed by atoms with Gasteiger partial charge in [-0.25, -0.2) is 4.99 Å². The molecular weight excluding hydrogens is 358 g/mol. The molecule has 1 fully saturated rings. The first-order valence-corrected chi connectivity index (χ1v) is 10.00. The fourth-order valence-electron chi connectivity index (χ4n) is 4.05.